The maximum atomic E-state index is 12.7. The molecule has 0 aliphatic heterocycles. The van der Waals surface area contributed by atoms with Crippen LogP contribution < -0.4 is 10.0 Å². The topological polar surface area (TPSA) is 130 Å². The molecule has 0 atom stereocenters. The van der Waals surface area contributed by atoms with Gasteiger partial charge in [-0.05, 0) is 42.5 Å². The summed E-state index contributed by atoms with van der Waals surface area (Å²) in [4.78, 5) is 24.2. The van der Waals surface area contributed by atoms with E-state index in [2.05, 4.69) is 25.0 Å². The second kappa shape index (κ2) is 8.33. The Labute approximate surface area is 171 Å². The number of hydrogen-bond donors (Lipinski definition) is 3. The lowest BCUT2D eigenvalue weighted by atomic mass is 10.2. The van der Waals surface area contributed by atoms with Gasteiger partial charge < -0.3 is 10.1 Å². The van der Waals surface area contributed by atoms with E-state index in [9.17, 15) is 18.0 Å². The predicted molar refractivity (Wildman–Crippen MR) is 107 cm³/mol. The number of aromatic amines is 1. The minimum atomic E-state index is -4.12. The summed E-state index contributed by atoms with van der Waals surface area (Å²) in [5.74, 6) is -1.29. The molecule has 3 N–H and O–H groups in total. The fraction of sp³-hybridized carbons (Fsp3) is 0.0556. The first-order valence-electron chi connectivity index (χ1n) is 8.11. The smallest absolute Gasteiger partial charge is 0.337 e. The third-order valence-corrected chi connectivity index (χ3v) is 5.36. The van der Waals surface area contributed by atoms with E-state index in [0.717, 1.165) is 6.20 Å². The Morgan fingerprint density at radius 3 is 2.52 bits per heavy atom. The maximum absolute atomic E-state index is 12.7. The first-order valence-corrected chi connectivity index (χ1v) is 9.98. The molecule has 0 unspecified atom stereocenters. The Balaban J connectivity index is 1.83. The van der Waals surface area contributed by atoms with Crippen LogP contribution >= 0.6 is 11.6 Å². The van der Waals surface area contributed by atoms with Crippen molar-refractivity contribution in [1.82, 2.24) is 10.2 Å². The van der Waals surface area contributed by atoms with E-state index in [1.807, 2.05) is 0 Å². The standard InChI is InChI=1S/C18H15ClN4O5S/c1-28-18(25)11-3-2-4-14(9-11)21-16(24)15-10-20-22-17(15)29(26,27)23-13-7-5-12(19)6-8-13/h2-10,23H,1H3,(H,20,22)(H,21,24). The highest BCUT2D eigenvalue weighted by Crippen LogP contribution is 2.21. The van der Waals surface area contributed by atoms with Crippen molar-refractivity contribution >= 4 is 44.9 Å². The number of methoxy groups -OCH3 is 1. The number of aromatic nitrogens is 2. The van der Waals surface area contributed by atoms with E-state index in [1.54, 1.807) is 12.1 Å². The van der Waals surface area contributed by atoms with E-state index >= 15 is 0 Å². The average molecular weight is 435 g/mol. The van der Waals surface area contributed by atoms with Crippen molar-refractivity contribution in [2.45, 2.75) is 5.03 Å². The van der Waals surface area contributed by atoms with Crippen LogP contribution in [0.4, 0.5) is 11.4 Å². The highest BCUT2D eigenvalue weighted by atomic mass is 35.5. The predicted octanol–water partition coefficient (Wildman–Crippen LogP) is 2.90. The Kier molecular flexibility index (Phi) is 5.85. The second-order valence-electron chi connectivity index (χ2n) is 5.75. The van der Waals surface area contributed by atoms with Gasteiger partial charge in [0.25, 0.3) is 15.9 Å². The monoisotopic (exact) mass is 434 g/mol. The van der Waals surface area contributed by atoms with Gasteiger partial charge in [-0.2, -0.15) is 13.5 Å². The number of nitrogens with one attached hydrogen (secondary N) is 3. The van der Waals surface area contributed by atoms with Gasteiger partial charge in [0.05, 0.1) is 24.4 Å². The Morgan fingerprint density at radius 1 is 1.10 bits per heavy atom. The number of H-pyrrole nitrogens is 1. The number of esters is 1. The summed E-state index contributed by atoms with van der Waals surface area (Å²) in [7, 11) is -2.88. The molecule has 0 spiro atoms. The number of amides is 1. The molecule has 0 bridgehead atoms. The number of anilines is 2. The first kappa shape index (κ1) is 20.4. The Bertz CT molecular complexity index is 1160. The molecular formula is C18H15ClN4O5S. The van der Waals surface area contributed by atoms with Crippen LogP contribution in [0, 0.1) is 0 Å². The molecule has 2 aromatic carbocycles. The van der Waals surface area contributed by atoms with Crippen LogP contribution in [0.1, 0.15) is 20.7 Å². The van der Waals surface area contributed by atoms with Crippen LogP contribution in [-0.4, -0.2) is 37.6 Å². The maximum Gasteiger partial charge on any atom is 0.337 e. The van der Waals surface area contributed by atoms with Crippen LogP contribution in [0.3, 0.4) is 0 Å². The number of hydrogen-bond acceptors (Lipinski definition) is 6. The third kappa shape index (κ3) is 4.73. The van der Waals surface area contributed by atoms with E-state index in [1.165, 1.54) is 43.5 Å². The molecule has 11 heteroatoms. The number of carbonyl (C=O) groups is 2. The molecule has 0 aliphatic rings. The minimum absolute atomic E-state index is 0.199. The van der Waals surface area contributed by atoms with Gasteiger partial charge in [-0.25, -0.2) is 4.79 Å². The summed E-state index contributed by atoms with van der Waals surface area (Å²) in [5, 5.41) is 8.56. The molecule has 3 aromatic rings. The van der Waals surface area contributed by atoms with Crippen molar-refractivity contribution < 1.29 is 22.7 Å². The van der Waals surface area contributed by atoms with Gasteiger partial charge >= 0.3 is 5.97 Å². The molecule has 9 nitrogen and oxygen atoms in total. The summed E-state index contributed by atoms with van der Waals surface area (Å²) < 4.78 is 32.3. The fourth-order valence-electron chi connectivity index (χ4n) is 2.41. The summed E-state index contributed by atoms with van der Waals surface area (Å²) in [6, 6.07) is 12.0. The molecule has 3 rings (SSSR count). The first-order chi connectivity index (χ1) is 13.8. The number of carbonyl (C=O) groups excluding carboxylic acids is 2. The third-order valence-electron chi connectivity index (χ3n) is 3.76. The van der Waals surface area contributed by atoms with Crippen molar-refractivity contribution in [2.75, 3.05) is 17.1 Å². The van der Waals surface area contributed by atoms with E-state index in [0.29, 0.717) is 5.02 Å². The molecule has 0 fully saturated rings. The van der Waals surface area contributed by atoms with Crippen LogP contribution in [0.25, 0.3) is 0 Å². The molecule has 0 aliphatic carbocycles. The Hall–Kier alpha value is -3.37. The zero-order chi connectivity index (χ0) is 21.0. The molecule has 0 saturated carbocycles. The zero-order valence-electron chi connectivity index (χ0n) is 15.0. The molecule has 0 saturated heterocycles. The molecule has 150 valence electrons. The van der Waals surface area contributed by atoms with Crippen molar-refractivity contribution in [3.63, 3.8) is 0 Å². The van der Waals surface area contributed by atoms with E-state index in [4.69, 9.17) is 11.6 Å². The van der Waals surface area contributed by atoms with Gasteiger partial charge in [-0.15, -0.1) is 0 Å². The zero-order valence-corrected chi connectivity index (χ0v) is 16.5. The van der Waals surface area contributed by atoms with Gasteiger partial charge in [0.1, 0.15) is 0 Å². The van der Waals surface area contributed by atoms with Crippen molar-refractivity contribution in [3.8, 4) is 0 Å². The van der Waals surface area contributed by atoms with Gasteiger partial charge in [0.2, 0.25) is 0 Å². The Morgan fingerprint density at radius 2 is 1.83 bits per heavy atom. The van der Waals surface area contributed by atoms with Crippen LogP contribution in [-0.2, 0) is 14.8 Å². The normalized spacial score (nSPS) is 11.0. The molecule has 29 heavy (non-hydrogen) atoms. The van der Waals surface area contributed by atoms with Gasteiger partial charge in [0.15, 0.2) is 5.03 Å². The molecular weight excluding hydrogens is 420 g/mol. The lowest BCUT2D eigenvalue weighted by Gasteiger charge is -2.09. The molecule has 0 radical (unpaired) electrons. The molecule has 1 aromatic heterocycles. The highest BCUT2D eigenvalue weighted by Gasteiger charge is 2.25. The molecule has 1 heterocycles. The summed E-state index contributed by atoms with van der Waals surface area (Å²) in [6.07, 6.45) is 1.09. The number of ether oxygens (including phenoxy) is 1. The number of rotatable bonds is 6. The van der Waals surface area contributed by atoms with E-state index in [-0.39, 0.29) is 22.5 Å². The van der Waals surface area contributed by atoms with Crippen molar-refractivity contribution in [1.29, 1.82) is 0 Å². The van der Waals surface area contributed by atoms with Crippen LogP contribution in [0.5, 0.6) is 0 Å². The summed E-state index contributed by atoms with van der Waals surface area (Å²) in [6.45, 7) is 0. The number of halogens is 1. The van der Waals surface area contributed by atoms with Gasteiger partial charge in [-0.3, -0.25) is 14.6 Å². The lowest BCUT2D eigenvalue weighted by molar-refractivity contribution is 0.0600. The van der Waals surface area contributed by atoms with E-state index < -0.39 is 26.9 Å². The number of benzene rings is 2. The van der Waals surface area contributed by atoms with Crippen LogP contribution in [0.2, 0.25) is 5.02 Å². The van der Waals surface area contributed by atoms with Gasteiger partial charge in [-0.1, -0.05) is 17.7 Å². The molecule has 1 amide bonds. The quantitative estimate of drug-likeness (QED) is 0.511. The largest absolute Gasteiger partial charge is 0.465 e. The van der Waals surface area contributed by atoms with Crippen molar-refractivity contribution in [3.05, 3.63) is 70.9 Å². The van der Waals surface area contributed by atoms with Crippen molar-refractivity contribution in [2.24, 2.45) is 0 Å². The fourth-order valence-corrected chi connectivity index (χ4v) is 3.69. The number of sulfonamides is 1. The summed E-state index contributed by atoms with van der Waals surface area (Å²) in [5.41, 5.74) is 0.582. The second-order valence-corrected chi connectivity index (χ2v) is 7.81. The van der Waals surface area contributed by atoms with Gasteiger partial charge in [0, 0.05) is 16.4 Å². The average Bonchev–Trinajstić information content (AvgIpc) is 3.20. The lowest BCUT2D eigenvalue weighted by Crippen LogP contribution is -2.20. The van der Waals surface area contributed by atoms with Crippen LogP contribution in [0.15, 0.2) is 59.8 Å². The summed E-state index contributed by atoms with van der Waals surface area (Å²) >= 11 is 5.79. The SMILES string of the molecule is COC(=O)c1cccc(NC(=O)c2cn[nH]c2S(=O)(=O)Nc2ccc(Cl)cc2)c1. The minimum Gasteiger partial charge on any atom is -0.465 e. The number of nitrogens with zero attached hydrogens (tertiary/aromatic N) is 1. The highest BCUT2D eigenvalue weighted by molar-refractivity contribution is 7.92.